The van der Waals surface area contributed by atoms with Crippen molar-refractivity contribution in [2.75, 3.05) is 33.4 Å². The van der Waals surface area contributed by atoms with E-state index in [9.17, 15) is 9.90 Å². The van der Waals surface area contributed by atoms with E-state index in [0.717, 1.165) is 32.5 Å². The van der Waals surface area contributed by atoms with Crippen molar-refractivity contribution in [3.8, 4) is 0 Å². The average molecular weight is 341 g/mol. The van der Waals surface area contributed by atoms with Gasteiger partial charge in [-0.05, 0) is 50.1 Å². The van der Waals surface area contributed by atoms with E-state index in [0.29, 0.717) is 29.7 Å². The van der Waals surface area contributed by atoms with E-state index in [2.05, 4.69) is 5.32 Å². The molecule has 1 heterocycles. The van der Waals surface area contributed by atoms with Crippen LogP contribution in [0.15, 0.2) is 24.3 Å². The Hall–Kier alpha value is -1.14. The van der Waals surface area contributed by atoms with Crippen molar-refractivity contribution in [3.63, 3.8) is 0 Å². The number of aliphatic hydroxyl groups is 1. The molecule has 6 heteroatoms. The number of methoxy groups -OCH3 is 1. The molecule has 0 radical (unpaired) electrons. The quantitative estimate of drug-likeness (QED) is 0.796. The van der Waals surface area contributed by atoms with Crippen molar-refractivity contribution in [3.05, 3.63) is 34.9 Å². The predicted octanol–water partition coefficient (Wildman–Crippen LogP) is 1.93. The van der Waals surface area contributed by atoms with Crippen LogP contribution in [0.4, 0.5) is 0 Å². The summed E-state index contributed by atoms with van der Waals surface area (Å²) in [4.78, 5) is 14.3. The number of benzene rings is 1. The number of amides is 1. The zero-order chi connectivity index (χ0) is 16.7. The van der Waals surface area contributed by atoms with Gasteiger partial charge in [0, 0.05) is 36.8 Å². The van der Waals surface area contributed by atoms with E-state index >= 15 is 0 Å². The zero-order valence-electron chi connectivity index (χ0n) is 13.5. The first kappa shape index (κ1) is 18.2. The summed E-state index contributed by atoms with van der Waals surface area (Å²) >= 11 is 5.85. The Morgan fingerprint density at radius 3 is 2.65 bits per heavy atom. The van der Waals surface area contributed by atoms with Crippen LogP contribution in [0.25, 0.3) is 0 Å². The normalized spacial score (nSPS) is 17.3. The smallest absolute Gasteiger partial charge is 0.253 e. The average Bonchev–Trinajstić information content (AvgIpc) is 2.56. The number of hydrogen-bond acceptors (Lipinski definition) is 4. The molecule has 1 unspecified atom stereocenters. The molecule has 1 aromatic carbocycles. The first-order chi connectivity index (χ1) is 11.1. The largest absolute Gasteiger partial charge is 0.391 e. The Morgan fingerprint density at radius 2 is 2.04 bits per heavy atom. The Morgan fingerprint density at radius 1 is 1.39 bits per heavy atom. The molecular formula is C17H25ClN2O3. The Bertz CT molecular complexity index is 487. The summed E-state index contributed by atoms with van der Waals surface area (Å²) in [7, 11) is 1.59. The highest BCUT2D eigenvalue weighted by Gasteiger charge is 2.23. The molecule has 1 aliphatic heterocycles. The molecule has 2 rings (SSSR count). The van der Waals surface area contributed by atoms with Gasteiger partial charge in [0.1, 0.15) is 0 Å². The predicted molar refractivity (Wildman–Crippen MR) is 90.9 cm³/mol. The third kappa shape index (κ3) is 5.77. The zero-order valence-corrected chi connectivity index (χ0v) is 14.3. The van der Waals surface area contributed by atoms with Crippen LogP contribution in [-0.2, 0) is 4.74 Å². The molecule has 5 nitrogen and oxygen atoms in total. The third-order valence-electron chi connectivity index (χ3n) is 4.14. The van der Waals surface area contributed by atoms with Gasteiger partial charge in [-0.2, -0.15) is 0 Å². The molecule has 0 saturated carbocycles. The maximum Gasteiger partial charge on any atom is 0.253 e. The van der Waals surface area contributed by atoms with Crippen LogP contribution in [0.1, 0.15) is 29.6 Å². The highest BCUT2D eigenvalue weighted by atomic mass is 35.5. The molecule has 0 aromatic heterocycles. The van der Waals surface area contributed by atoms with Gasteiger partial charge < -0.3 is 20.1 Å². The molecular weight excluding hydrogens is 316 g/mol. The second-order valence-corrected chi connectivity index (χ2v) is 6.36. The van der Waals surface area contributed by atoms with Crippen LogP contribution < -0.4 is 5.32 Å². The maximum absolute atomic E-state index is 12.4. The minimum atomic E-state index is -0.418. The van der Waals surface area contributed by atoms with Crippen LogP contribution in [0.5, 0.6) is 0 Å². The lowest BCUT2D eigenvalue weighted by atomic mass is 10.0. The number of nitrogens with zero attached hydrogens (tertiary/aromatic N) is 1. The van der Waals surface area contributed by atoms with Crippen molar-refractivity contribution < 1.29 is 14.6 Å². The highest BCUT2D eigenvalue weighted by molar-refractivity contribution is 6.30. The lowest BCUT2D eigenvalue weighted by molar-refractivity contribution is 0.0578. The molecule has 128 valence electrons. The van der Waals surface area contributed by atoms with Crippen molar-refractivity contribution >= 4 is 17.5 Å². The van der Waals surface area contributed by atoms with Crippen molar-refractivity contribution in [1.29, 1.82) is 0 Å². The summed E-state index contributed by atoms with van der Waals surface area (Å²) in [5.41, 5.74) is 0.684. The number of rotatable bonds is 7. The number of hydrogen-bond donors (Lipinski definition) is 2. The fourth-order valence-corrected chi connectivity index (χ4v) is 2.92. The molecule has 23 heavy (non-hydrogen) atoms. The number of aliphatic hydroxyl groups excluding tert-OH is 1. The molecule has 0 bridgehead atoms. The number of nitrogens with one attached hydrogen (secondary N) is 1. The summed E-state index contributed by atoms with van der Waals surface area (Å²) in [6.45, 7) is 2.63. The topological polar surface area (TPSA) is 61.8 Å². The van der Waals surface area contributed by atoms with Gasteiger partial charge >= 0.3 is 0 Å². The second kappa shape index (κ2) is 9.23. The minimum Gasteiger partial charge on any atom is -0.391 e. The van der Waals surface area contributed by atoms with Crippen molar-refractivity contribution in [2.45, 2.75) is 31.4 Å². The van der Waals surface area contributed by atoms with Crippen LogP contribution in [-0.4, -0.2) is 61.4 Å². The van der Waals surface area contributed by atoms with Crippen LogP contribution in [0.2, 0.25) is 5.02 Å². The van der Waals surface area contributed by atoms with Crippen LogP contribution in [0, 0.1) is 0 Å². The standard InChI is InChI=1S/C17H25ClN2O3/c1-23-12-16(21)6-9-19-15-7-10-20(11-8-15)17(22)13-2-4-14(18)5-3-13/h2-5,15-16,19,21H,6-12H2,1H3. The number of halogens is 1. The SMILES string of the molecule is COCC(O)CCNC1CCN(C(=O)c2ccc(Cl)cc2)CC1. The monoisotopic (exact) mass is 340 g/mol. The number of carbonyl (C=O) groups excluding carboxylic acids is 1. The van der Waals surface area contributed by atoms with Gasteiger partial charge in [-0.1, -0.05) is 11.6 Å². The molecule has 1 amide bonds. The van der Waals surface area contributed by atoms with Gasteiger partial charge in [-0.25, -0.2) is 0 Å². The molecule has 1 aromatic rings. The summed E-state index contributed by atoms with van der Waals surface area (Å²) in [5, 5.41) is 13.7. The Kier molecular flexibility index (Phi) is 7.30. The first-order valence-corrected chi connectivity index (χ1v) is 8.43. The van der Waals surface area contributed by atoms with E-state index in [1.165, 1.54) is 0 Å². The third-order valence-corrected chi connectivity index (χ3v) is 4.39. The van der Waals surface area contributed by atoms with Crippen molar-refractivity contribution in [1.82, 2.24) is 10.2 Å². The lowest BCUT2D eigenvalue weighted by Crippen LogP contribution is -2.45. The van der Waals surface area contributed by atoms with E-state index in [1.807, 2.05) is 4.90 Å². The van der Waals surface area contributed by atoms with Gasteiger partial charge in [-0.15, -0.1) is 0 Å². The highest BCUT2D eigenvalue weighted by Crippen LogP contribution is 2.16. The molecule has 1 aliphatic rings. The van der Waals surface area contributed by atoms with E-state index in [1.54, 1.807) is 31.4 Å². The van der Waals surface area contributed by atoms with Crippen molar-refractivity contribution in [2.24, 2.45) is 0 Å². The fourth-order valence-electron chi connectivity index (χ4n) is 2.79. The molecule has 1 fully saturated rings. The van der Waals surface area contributed by atoms with Crippen LogP contribution in [0.3, 0.4) is 0 Å². The summed E-state index contributed by atoms with van der Waals surface area (Å²) in [6.07, 6.45) is 2.12. The molecule has 2 N–H and O–H groups in total. The molecule has 0 aliphatic carbocycles. The number of likely N-dealkylation sites (tertiary alicyclic amines) is 1. The fraction of sp³-hybridized carbons (Fsp3) is 0.588. The number of piperidine rings is 1. The minimum absolute atomic E-state index is 0.0654. The van der Waals surface area contributed by atoms with E-state index in [4.69, 9.17) is 16.3 Å². The van der Waals surface area contributed by atoms with Gasteiger partial charge in [0.25, 0.3) is 5.91 Å². The summed E-state index contributed by atoms with van der Waals surface area (Å²) in [6, 6.07) is 7.43. The Labute approximate surface area is 142 Å². The first-order valence-electron chi connectivity index (χ1n) is 8.05. The summed E-state index contributed by atoms with van der Waals surface area (Å²) in [5.74, 6) is 0.0654. The van der Waals surface area contributed by atoms with E-state index < -0.39 is 6.10 Å². The number of carbonyl (C=O) groups is 1. The Balaban J connectivity index is 1.71. The maximum atomic E-state index is 12.4. The van der Waals surface area contributed by atoms with Gasteiger partial charge in [0.05, 0.1) is 12.7 Å². The molecule has 1 saturated heterocycles. The van der Waals surface area contributed by atoms with Gasteiger partial charge in [0.15, 0.2) is 0 Å². The molecule has 1 atom stereocenters. The van der Waals surface area contributed by atoms with Gasteiger partial charge in [0.2, 0.25) is 0 Å². The summed E-state index contributed by atoms with van der Waals surface area (Å²) < 4.78 is 4.91. The lowest BCUT2D eigenvalue weighted by Gasteiger charge is -2.32. The number of ether oxygens (including phenoxy) is 1. The van der Waals surface area contributed by atoms with Crippen LogP contribution >= 0.6 is 11.6 Å². The second-order valence-electron chi connectivity index (χ2n) is 5.93. The molecule has 0 spiro atoms. The van der Waals surface area contributed by atoms with Gasteiger partial charge in [-0.3, -0.25) is 4.79 Å². The van der Waals surface area contributed by atoms with E-state index in [-0.39, 0.29) is 5.91 Å².